The quantitative estimate of drug-likeness (QED) is 0.678. The molecule has 4 heterocycles. The molecule has 1 aliphatic heterocycles. The Labute approximate surface area is 163 Å². The third-order valence-corrected chi connectivity index (χ3v) is 4.92. The van der Waals surface area contributed by atoms with Crippen molar-refractivity contribution in [3.8, 4) is 11.5 Å². The Kier molecular flexibility index (Phi) is 6.56. The Morgan fingerprint density at radius 1 is 1.28 bits per heavy atom. The highest BCUT2D eigenvalue weighted by atomic mass is 35.5. The number of hydrogen-bond donors (Lipinski definition) is 1. The number of nitrogens with zero attached hydrogens (tertiary/aromatic N) is 6. The van der Waals surface area contributed by atoms with E-state index in [1.807, 2.05) is 31.9 Å². The maximum absolute atomic E-state index is 4.71. The van der Waals surface area contributed by atoms with Gasteiger partial charge in [-0.05, 0) is 12.3 Å². The molecule has 0 aromatic carbocycles. The third kappa shape index (κ3) is 3.72. The zero-order valence-corrected chi connectivity index (χ0v) is 16.5. The molecule has 0 aliphatic carbocycles. The minimum absolute atomic E-state index is 0. The summed E-state index contributed by atoms with van der Waals surface area (Å²) in [5, 5.41) is 9.09. The summed E-state index contributed by atoms with van der Waals surface area (Å²) < 4.78 is 6.32. The second-order valence-corrected chi connectivity index (χ2v) is 6.37. The monoisotopic (exact) mass is 401 g/mol. The molecular formula is C15H21Cl2N7S. The van der Waals surface area contributed by atoms with Crippen LogP contribution in [0.25, 0.3) is 11.5 Å². The highest BCUT2D eigenvalue weighted by molar-refractivity contribution is 7.98. The highest BCUT2D eigenvalue weighted by Gasteiger charge is 2.17. The SMILES string of the molecule is CSc1ncc(Cn2ccnc2-c2cc3n(n2)CCNC3)n1C.Cl.Cl. The highest BCUT2D eigenvalue weighted by Crippen LogP contribution is 2.21. The van der Waals surface area contributed by atoms with Crippen LogP contribution in [0.2, 0.25) is 0 Å². The number of nitrogens with one attached hydrogen (secondary N) is 1. The Bertz CT molecular complexity index is 815. The van der Waals surface area contributed by atoms with Crippen molar-refractivity contribution in [1.82, 2.24) is 34.2 Å². The molecule has 0 bridgehead atoms. The van der Waals surface area contributed by atoms with E-state index in [1.54, 1.807) is 11.8 Å². The summed E-state index contributed by atoms with van der Waals surface area (Å²) in [5.41, 5.74) is 3.30. The van der Waals surface area contributed by atoms with Gasteiger partial charge in [0.05, 0.1) is 30.7 Å². The summed E-state index contributed by atoms with van der Waals surface area (Å²) in [4.78, 5) is 8.95. The van der Waals surface area contributed by atoms with Crippen LogP contribution in [-0.4, -0.2) is 41.7 Å². The molecule has 10 heteroatoms. The number of halogens is 2. The Morgan fingerprint density at radius 2 is 2.12 bits per heavy atom. The van der Waals surface area contributed by atoms with Gasteiger partial charge in [0, 0.05) is 32.5 Å². The fourth-order valence-electron chi connectivity index (χ4n) is 2.91. The van der Waals surface area contributed by atoms with E-state index in [4.69, 9.17) is 5.10 Å². The first-order valence-electron chi connectivity index (χ1n) is 7.60. The van der Waals surface area contributed by atoms with Crippen molar-refractivity contribution in [2.45, 2.75) is 24.8 Å². The van der Waals surface area contributed by atoms with Crippen LogP contribution in [0.5, 0.6) is 0 Å². The lowest BCUT2D eigenvalue weighted by atomic mass is 10.3. The van der Waals surface area contributed by atoms with Crippen LogP contribution in [-0.2, 0) is 26.7 Å². The molecule has 1 N–H and O–H groups in total. The molecule has 4 rings (SSSR count). The summed E-state index contributed by atoms with van der Waals surface area (Å²) in [6.45, 7) is 3.48. The Morgan fingerprint density at radius 3 is 2.84 bits per heavy atom. The second kappa shape index (κ2) is 8.27. The second-order valence-electron chi connectivity index (χ2n) is 5.59. The van der Waals surface area contributed by atoms with Crippen LogP contribution in [0, 0.1) is 0 Å². The van der Waals surface area contributed by atoms with Crippen LogP contribution in [0.15, 0.2) is 29.8 Å². The molecule has 0 unspecified atom stereocenters. The molecule has 3 aromatic heterocycles. The van der Waals surface area contributed by atoms with E-state index >= 15 is 0 Å². The average Bonchev–Trinajstić information content (AvgIpc) is 3.26. The van der Waals surface area contributed by atoms with Crippen LogP contribution < -0.4 is 5.32 Å². The number of rotatable bonds is 4. The first-order chi connectivity index (χ1) is 11.3. The number of thioether (sulfide) groups is 1. The molecule has 1 aliphatic rings. The van der Waals surface area contributed by atoms with Gasteiger partial charge in [0.15, 0.2) is 11.0 Å². The molecule has 25 heavy (non-hydrogen) atoms. The van der Waals surface area contributed by atoms with Gasteiger partial charge in [0.25, 0.3) is 0 Å². The largest absolute Gasteiger partial charge is 0.324 e. The predicted molar refractivity (Wildman–Crippen MR) is 104 cm³/mol. The minimum Gasteiger partial charge on any atom is -0.324 e. The smallest absolute Gasteiger partial charge is 0.167 e. The van der Waals surface area contributed by atoms with E-state index < -0.39 is 0 Å². The molecule has 0 atom stereocenters. The van der Waals surface area contributed by atoms with E-state index in [2.05, 4.69) is 35.2 Å². The maximum Gasteiger partial charge on any atom is 0.167 e. The van der Waals surface area contributed by atoms with E-state index in [0.29, 0.717) is 0 Å². The van der Waals surface area contributed by atoms with Crippen molar-refractivity contribution in [1.29, 1.82) is 0 Å². The van der Waals surface area contributed by atoms with E-state index in [-0.39, 0.29) is 24.8 Å². The molecule has 0 saturated carbocycles. The maximum atomic E-state index is 4.71. The summed E-state index contributed by atoms with van der Waals surface area (Å²) >= 11 is 1.65. The molecule has 0 saturated heterocycles. The molecule has 0 radical (unpaired) electrons. The zero-order chi connectivity index (χ0) is 15.8. The van der Waals surface area contributed by atoms with Crippen molar-refractivity contribution in [2.24, 2.45) is 7.05 Å². The Balaban J connectivity index is 0.00000113. The Hall–Kier alpha value is -1.48. The fraction of sp³-hybridized carbons (Fsp3) is 0.400. The standard InChI is InChI=1S/C15H19N7S.2ClH/c1-20-12(9-18-15(20)23-2)10-21-5-4-17-14(21)13-7-11-8-16-3-6-22(11)19-13;;/h4-5,7,9,16H,3,6,8,10H2,1-2H3;2*1H. The topological polar surface area (TPSA) is 65.5 Å². The zero-order valence-electron chi connectivity index (χ0n) is 14.0. The normalized spacial score (nSPS) is 13.0. The summed E-state index contributed by atoms with van der Waals surface area (Å²) in [5.74, 6) is 0.902. The molecule has 0 fully saturated rings. The van der Waals surface area contributed by atoms with Gasteiger partial charge < -0.3 is 14.5 Å². The van der Waals surface area contributed by atoms with Gasteiger partial charge in [-0.1, -0.05) is 11.8 Å². The van der Waals surface area contributed by atoms with Gasteiger partial charge in [-0.2, -0.15) is 5.10 Å². The van der Waals surface area contributed by atoms with Crippen molar-refractivity contribution >= 4 is 36.6 Å². The molecular weight excluding hydrogens is 381 g/mol. The van der Waals surface area contributed by atoms with Crippen LogP contribution in [0.1, 0.15) is 11.4 Å². The average molecular weight is 402 g/mol. The summed E-state index contributed by atoms with van der Waals surface area (Å²) in [7, 11) is 2.05. The van der Waals surface area contributed by atoms with Crippen molar-refractivity contribution in [3.63, 3.8) is 0 Å². The molecule has 136 valence electrons. The first kappa shape index (κ1) is 19.8. The van der Waals surface area contributed by atoms with Gasteiger partial charge in [-0.25, -0.2) is 9.97 Å². The van der Waals surface area contributed by atoms with Gasteiger partial charge in [-0.3, -0.25) is 4.68 Å². The van der Waals surface area contributed by atoms with E-state index in [0.717, 1.165) is 48.5 Å². The van der Waals surface area contributed by atoms with E-state index in [1.165, 1.54) is 5.69 Å². The summed E-state index contributed by atoms with van der Waals surface area (Å²) in [6.07, 6.45) is 7.80. The summed E-state index contributed by atoms with van der Waals surface area (Å²) in [6, 6.07) is 2.13. The number of aromatic nitrogens is 6. The fourth-order valence-corrected chi connectivity index (χ4v) is 3.46. The van der Waals surface area contributed by atoms with Crippen LogP contribution in [0.4, 0.5) is 0 Å². The number of imidazole rings is 2. The first-order valence-corrected chi connectivity index (χ1v) is 8.82. The van der Waals surface area contributed by atoms with E-state index in [9.17, 15) is 0 Å². The lowest BCUT2D eigenvalue weighted by Gasteiger charge is -2.13. The van der Waals surface area contributed by atoms with Gasteiger partial charge in [0.1, 0.15) is 5.69 Å². The van der Waals surface area contributed by atoms with Gasteiger partial charge >= 0.3 is 0 Å². The molecule has 0 amide bonds. The van der Waals surface area contributed by atoms with Crippen molar-refractivity contribution in [3.05, 3.63) is 36.0 Å². The molecule has 7 nitrogen and oxygen atoms in total. The van der Waals surface area contributed by atoms with Crippen LogP contribution >= 0.6 is 36.6 Å². The lowest BCUT2D eigenvalue weighted by molar-refractivity contribution is 0.476. The van der Waals surface area contributed by atoms with Crippen molar-refractivity contribution in [2.75, 3.05) is 12.8 Å². The van der Waals surface area contributed by atoms with Crippen molar-refractivity contribution < 1.29 is 0 Å². The van der Waals surface area contributed by atoms with Gasteiger partial charge in [0.2, 0.25) is 0 Å². The van der Waals surface area contributed by atoms with Gasteiger partial charge in [-0.15, -0.1) is 24.8 Å². The number of fused-ring (bicyclic) bond motifs is 1. The number of hydrogen-bond acceptors (Lipinski definition) is 5. The lowest BCUT2D eigenvalue weighted by Crippen LogP contribution is -2.28. The molecule has 3 aromatic rings. The van der Waals surface area contributed by atoms with Crippen LogP contribution in [0.3, 0.4) is 0 Å². The third-order valence-electron chi connectivity index (χ3n) is 4.17. The predicted octanol–water partition coefficient (Wildman–Crippen LogP) is 2.20. The minimum atomic E-state index is 0. The molecule has 0 spiro atoms.